The van der Waals surface area contributed by atoms with Crippen LogP contribution in [0.5, 0.6) is 0 Å². The summed E-state index contributed by atoms with van der Waals surface area (Å²) >= 11 is 0. The van der Waals surface area contributed by atoms with Gasteiger partial charge in [-0.25, -0.2) is 0 Å². The minimum absolute atomic E-state index is 0.0223. The largest absolute Gasteiger partial charge is 0.457 e. The fourth-order valence-electron chi connectivity index (χ4n) is 1.63. The van der Waals surface area contributed by atoms with Gasteiger partial charge in [0.1, 0.15) is 5.76 Å². The lowest BCUT2D eigenvalue weighted by Gasteiger charge is -2.14. The molecule has 0 aliphatic carbocycles. The van der Waals surface area contributed by atoms with Crippen molar-refractivity contribution in [2.24, 2.45) is 0 Å². The van der Waals surface area contributed by atoms with Crippen LogP contribution in [0, 0.1) is 0 Å². The zero-order valence-electron chi connectivity index (χ0n) is 12.3. The Kier molecular flexibility index (Phi) is 4.77. The molecule has 1 aromatic rings. The highest BCUT2D eigenvalue weighted by atomic mass is 31.2. The Morgan fingerprint density at radius 1 is 1.32 bits per heavy atom. The van der Waals surface area contributed by atoms with Crippen LogP contribution in [0.25, 0.3) is 0 Å². The van der Waals surface area contributed by atoms with Gasteiger partial charge in [-0.1, -0.05) is 20.8 Å². The average Bonchev–Trinajstić information content (AvgIpc) is 2.72. The van der Waals surface area contributed by atoms with Gasteiger partial charge in [0.05, 0.1) is 6.16 Å². The molecular weight excluding hydrogens is 267 g/mol. The smallest absolute Gasteiger partial charge is 0.334 e. The topological polar surface area (TPSA) is 65.7 Å². The molecule has 5 nitrogen and oxygen atoms in total. The number of carbonyl (C=O) groups is 1. The molecule has 1 aromatic heterocycles. The first-order valence-corrected chi connectivity index (χ1v) is 7.70. The van der Waals surface area contributed by atoms with E-state index in [2.05, 4.69) is 0 Å². The number of hydrogen-bond donors (Lipinski definition) is 0. The Morgan fingerprint density at radius 3 is 2.21 bits per heavy atom. The summed E-state index contributed by atoms with van der Waals surface area (Å²) in [5.41, 5.74) is 0.330. The number of rotatable bonds is 5. The van der Waals surface area contributed by atoms with E-state index < -0.39 is 7.60 Å². The molecule has 0 saturated heterocycles. The van der Waals surface area contributed by atoms with E-state index >= 15 is 0 Å². The Morgan fingerprint density at radius 2 is 1.84 bits per heavy atom. The Labute approximate surface area is 113 Å². The van der Waals surface area contributed by atoms with Gasteiger partial charge >= 0.3 is 7.60 Å². The molecule has 0 amide bonds. The Bertz CT molecular complexity index is 502. The van der Waals surface area contributed by atoms with E-state index in [0.717, 1.165) is 0 Å². The van der Waals surface area contributed by atoms with Crippen LogP contribution in [0.1, 0.15) is 49.6 Å². The van der Waals surface area contributed by atoms with E-state index in [0.29, 0.717) is 11.3 Å². The third-order valence-electron chi connectivity index (χ3n) is 2.79. The van der Waals surface area contributed by atoms with E-state index in [1.807, 2.05) is 20.8 Å². The van der Waals surface area contributed by atoms with Crippen LogP contribution in [0.4, 0.5) is 0 Å². The van der Waals surface area contributed by atoms with Crippen LogP contribution >= 0.6 is 7.60 Å². The Hall–Kier alpha value is -0.900. The third-order valence-corrected chi connectivity index (χ3v) is 4.63. The maximum absolute atomic E-state index is 12.2. The standard InChI is InChI=1S/C13H21O5P/c1-9(14)12-10(8-19(15,16-5)17-6)7-11(18-12)13(2,3)4/h7H,8H2,1-6H3. The zero-order chi connectivity index (χ0) is 14.8. The molecule has 0 saturated carbocycles. The van der Waals surface area contributed by atoms with Gasteiger partial charge in [0, 0.05) is 32.1 Å². The summed E-state index contributed by atoms with van der Waals surface area (Å²) in [4.78, 5) is 11.6. The first-order valence-electron chi connectivity index (χ1n) is 5.97. The van der Waals surface area contributed by atoms with Gasteiger partial charge in [0.2, 0.25) is 0 Å². The lowest BCUT2D eigenvalue weighted by atomic mass is 9.93. The molecule has 0 radical (unpaired) electrons. The van der Waals surface area contributed by atoms with Crippen LogP contribution < -0.4 is 0 Å². The van der Waals surface area contributed by atoms with Crippen LogP contribution in [-0.4, -0.2) is 20.0 Å². The fourth-order valence-corrected chi connectivity index (χ4v) is 2.69. The minimum atomic E-state index is -3.22. The quantitative estimate of drug-likeness (QED) is 0.609. The summed E-state index contributed by atoms with van der Waals surface area (Å²) < 4.78 is 27.6. The second kappa shape index (κ2) is 5.61. The highest BCUT2D eigenvalue weighted by molar-refractivity contribution is 7.52. The van der Waals surface area contributed by atoms with E-state index in [1.54, 1.807) is 6.07 Å². The summed E-state index contributed by atoms with van der Waals surface area (Å²) in [5, 5.41) is 0. The third kappa shape index (κ3) is 3.78. The van der Waals surface area contributed by atoms with Crippen LogP contribution in [0.3, 0.4) is 0 Å². The molecule has 0 N–H and O–H groups in total. The molecule has 0 atom stereocenters. The summed E-state index contributed by atoms with van der Waals surface area (Å²) in [6.45, 7) is 7.35. The molecule has 0 spiro atoms. The molecule has 108 valence electrons. The van der Waals surface area contributed by atoms with Crippen molar-refractivity contribution in [2.45, 2.75) is 39.3 Å². The first kappa shape index (κ1) is 16.2. The predicted molar refractivity (Wildman–Crippen MR) is 72.7 cm³/mol. The Balaban J connectivity index is 3.23. The van der Waals surface area contributed by atoms with Gasteiger partial charge in [0.25, 0.3) is 0 Å². The minimum Gasteiger partial charge on any atom is -0.457 e. The molecule has 19 heavy (non-hydrogen) atoms. The second-order valence-electron chi connectivity index (χ2n) is 5.41. The van der Waals surface area contributed by atoms with Crippen molar-refractivity contribution < 1.29 is 22.8 Å². The number of ketones is 1. The molecule has 0 unspecified atom stereocenters. The van der Waals surface area contributed by atoms with E-state index in [9.17, 15) is 9.36 Å². The molecule has 0 fully saturated rings. The summed E-state index contributed by atoms with van der Waals surface area (Å²) in [6.07, 6.45) is 0.0223. The van der Waals surface area contributed by atoms with E-state index in [1.165, 1.54) is 21.1 Å². The molecule has 0 aliphatic heterocycles. The highest BCUT2D eigenvalue weighted by Gasteiger charge is 2.29. The van der Waals surface area contributed by atoms with Crippen molar-refractivity contribution in [1.82, 2.24) is 0 Å². The maximum Gasteiger partial charge on any atom is 0.334 e. The zero-order valence-corrected chi connectivity index (χ0v) is 13.2. The summed E-state index contributed by atoms with van der Waals surface area (Å²) in [6, 6.07) is 1.75. The molecule has 0 aliphatic rings. The lowest BCUT2D eigenvalue weighted by Crippen LogP contribution is -2.09. The van der Waals surface area contributed by atoms with Gasteiger partial charge in [0.15, 0.2) is 11.5 Å². The predicted octanol–water partition coefficient (Wildman–Crippen LogP) is 3.77. The van der Waals surface area contributed by atoms with Crippen molar-refractivity contribution >= 4 is 13.4 Å². The molecule has 1 heterocycles. The molecular formula is C13H21O5P. The van der Waals surface area contributed by atoms with Gasteiger partial charge in [-0.15, -0.1) is 0 Å². The van der Waals surface area contributed by atoms with Crippen molar-refractivity contribution in [3.05, 3.63) is 23.2 Å². The van der Waals surface area contributed by atoms with E-state index in [-0.39, 0.29) is 23.1 Å². The average molecular weight is 288 g/mol. The van der Waals surface area contributed by atoms with Crippen LogP contribution in [-0.2, 0) is 25.2 Å². The normalized spacial score (nSPS) is 12.7. The molecule has 0 bridgehead atoms. The summed E-state index contributed by atoms with van der Waals surface area (Å²) in [7, 11) is -0.577. The molecule has 1 rings (SSSR count). The molecule has 0 aromatic carbocycles. The number of Topliss-reactive ketones (excluding diaryl/α,β-unsaturated/α-hetero) is 1. The van der Waals surface area contributed by atoms with Gasteiger partial charge in [-0.3, -0.25) is 9.36 Å². The summed E-state index contributed by atoms with van der Waals surface area (Å²) in [5.74, 6) is 0.690. The van der Waals surface area contributed by atoms with Gasteiger partial charge in [-0.2, -0.15) is 0 Å². The number of hydrogen-bond acceptors (Lipinski definition) is 5. The SMILES string of the molecule is COP(=O)(Cc1cc(C(C)(C)C)oc1C(C)=O)OC. The van der Waals surface area contributed by atoms with E-state index in [4.69, 9.17) is 13.5 Å². The van der Waals surface area contributed by atoms with Crippen molar-refractivity contribution in [1.29, 1.82) is 0 Å². The first-order chi connectivity index (χ1) is 8.63. The number of carbonyl (C=O) groups excluding carboxylic acids is 1. The van der Waals surface area contributed by atoms with Crippen LogP contribution in [0.15, 0.2) is 10.5 Å². The van der Waals surface area contributed by atoms with Gasteiger partial charge in [-0.05, 0) is 6.07 Å². The highest BCUT2D eigenvalue weighted by Crippen LogP contribution is 2.50. The van der Waals surface area contributed by atoms with Crippen molar-refractivity contribution in [2.75, 3.05) is 14.2 Å². The second-order valence-corrected chi connectivity index (χ2v) is 7.67. The maximum atomic E-state index is 12.2. The van der Waals surface area contributed by atoms with Gasteiger partial charge < -0.3 is 13.5 Å². The fraction of sp³-hybridized carbons (Fsp3) is 0.615. The van der Waals surface area contributed by atoms with Crippen LogP contribution in [0.2, 0.25) is 0 Å². The number of furan rings is 1. The molecule has 6 heteroatoms. The monoisotopic (exact) mass is 288 g/mol. The van der Waals surface area contributed by atoms with Crippen molar-refractivity contribution in [3.63, 3.8) is 0 Å². The lowest BCUT2D eigenvalue weighted by molar-refractivity contribution is 0.0983. The van der Waals surface area contributed by atoms with Crippen molar-refractivity contribution in [3.8, 4) is 0 Å².